The lowest BCUT2D eigenvalue weighted by Gasteiger charge is -2.11. The summed E-state index contributed by atoms with van der Waals surface area (Å²) in [7, 11) is 1.74. The van der Waals surface area contributed by atoms with Crippen LogP contribution in [0, 0.1) is 0 Å². The lowest BCUT2D eigenvalue weighted by molar-refractivity contribution is 0.195. The number of rotatable bonds is 6. The lowest BCUT2D eigenvalue weighted by Crippen LogP contribution is -2.19. The Morgan fingerprint density at radius 1 is 1.45 bits per heavy atom. The quantitative estimate of drug-likeness (QED) is 0.667. The van der Waals surface area contributed by atoms with Gasteiger partial charge in [0.15, 0.2) is 0 Å². The molecule has 0 aliphatic rings. The summed E-state index contributed by atoms with van der Waals surface area (Å²) < 4.78 is 4.97. The predicted octanol–water partition coefficient (Wildman–Crippen LogP) is 1.49. The molecule has 2 nitrogen and oxygen atoms in total. The fraction of sp³-hybridized carbons (Fsp3) is 1.00. The summed E-state index contributed by atoms with van der Waals surface area (Å²) >= 11 is 1.92. The second-order valence-electron chi connectivity index (χ2n) is 2.90. The maximum absolute atomic E-state index is 5.62. The molecule has 2 atom stereocenters. The van der Waals surface area contributed by atoms with Gasteiger partial charge in [-0.15, -0.1) is 0 Å². The zero-order valence-corrected chi connectivity index (χ0v) is 8.49. The van der Waals surface area contributed by atoms with E-state index in [2.05, 4.69) is 6.92 Å². The average molecular weight is 177 g/mol. The van der Waals surface area contributed by atoms with Crippen molar-refractivity contribution in [1.82, 2.24) is 0 Å². The highest BCUT2D eigenvalue weighted by Gasteiger charge is 2.02. The van der Waals surface area contributed by atoms with Crippen LogP contribution in [0.3, 0.4) is 0 Å². The van der Waals surface area contributed by atoms with Crippen LogP contribution in [-0.2, 0) is 4.74 Å². The number of hydrogen-bond acceptors (Lipinski definition) is 3. The van der Waals surface area contributed by atoms with Gasteiger partial charge in [0, 0.05) is 30.8 Å². The molecule has 0 saturated carbocycles. The Hall–Kier alpha value is 0.270. The molecular formula is C8H19NOS. The third-order valence-electron chi connectivity index (χ3n) is 1.37. The molecule has 0 bridgehead atoms. The average Bonchev–Trinajstić information content (AvgIpc) is 1.97. The first-order valence-electron chi connectivity index (χ1n) is 4.03. The Balaban J connectivity index is 3.15. The normalized spacial score (nSPS) is 16.4. The summed E-state index contributed by atoms with van der Waals surface area (Å²) in [5.74, 6) is 1.05. The van der Waals surface area contributed by atoms with Gasteiger partial charge in [-0.25, -0.2) is 0 Å². The van der Waals surface area contributed by atoms with Crippen molar-refractivity contribution in [2.75, 3.05) is 19.5 Å². The summed E-state index contributed by atoms with van der Waals surface area (Å²) in [6.45, 7) is 5.11. The third kappa shape index (κ3) is 8.17. The topological polar surface area (TPSA) is 35.2 Å². The Morgan fingerprint density at radius 3 is 2.55 bits per heavy atom. The number of nitrogens with two attached hydrogens (primary N) is 1. The molecule has 0 heterocycles. The molecule has 68 valence electrons. The monoisotopic (exact) mass is 177 g/mol. The smallest absolute Gasteiger partial charge is 0.0472 e. The molecule has 3 heteroatoms. The minimum atomic E-state index is 0.310. The van der Waals surface area contributed by atoms with Crippen LogP contribution in [0.1, 0.15) is 20.3 Å². The first-order valence-corrected chi connectivity index (χ1v) is 5.07. The number of ether oxygens (including phenoxy) is 1. The van der Waals surface area contributed by atoms with Crippen molar-refractivity contribution in [3.05, 3.63) is 0 Å². The second kappa shape index (κ2) is 6.95. The molecule has 0 aromatic rings. The number of methoxy groups -OCH3 is 1. The molecule has 0 radical (unpaired) electrons. The van der Waals surface area contributed by atoms with Gasteiger partial charge in [0.2, 0.25) is 0 Å². The fourth-order valence-electron chi connectivity index (χ4n) is 0.683. The van der Waals surface area contributed by atoms with Crippen LogP contribution in [0.5, 0.6) is 0 Å². The van der Waals surface area contributed by atoms with E-state index in [0.29, 0.717) is 11.3 Å². The molecule has 11 heavy (non-hydrogen) atoms. The summed E-state index contributed by atoms with van der Waals surface area (Å²) in [5, 5.41) is 0.668. The van der Waals surface area contributed by atoms with Crippen molar-refractivity contribution in [3.63, 3.8) is 0 Å². The second-order valence-corrected chi connectivity index (χ2v) is 4.37. The highest BCUT2D eigenvalue weighted by Crippen LogP contribution is 2.14. The van der Waals surface area contributed by atoms with E-state index in [1.807, 2.05) is 18.7 Å². The van der Waals surface area contributed by atoms with Crippen molar-refractivity contribution >= 4 is 11.8 Å². The molecule has 0 fully saturated rings. The SMILES string of the molecule is COCCC(C)SCC(C)N. The van der Waals surface area contributed by atoms with Crippen LogP contribution < -0.4 is 5.73 Å². The van der Waals surface area contributed by atoms with Gasteiger partial charge in [-0.3, -0.25) is 0 Å². The molecule has 0 aliphatic heterocycles. The molecule has 0 amide bonds. The fourth-order valence-corrected chi connectivity index (χ4v) is 1.58. The molecule has 0 aromatic heterocycles. The number of thioether (sulfide) groups is 1. The molecule has 2 unspecified atom stereocenters. The number of hydrogen-bond donors (Lipinski definition) is 1. The molecule has 0 saturated heterocycles. The summed E-state index contributed by atoms with van der Waals surface area (Å²) in [4.78, 5) is 0. The Morgan fingerprint density at radius 2 is 2.09 bits per heavy atom. The van der Waals surface area contributed by atoms with E-state index in [1.54, 1.807) is 7.11 Å². The largest absolute Gasteiger partial charge is 0.385 e. The van der Waals surface area contributed by atoms with Gasteiger partial charge in [0.25, 0.3) is 0 Å². The molecule has 0 rings (SSSR count). The Labute approximate surface area is 73.9 Å². The van der Waals surface area contributed by atoms with Crippen LogP contribution in [0.15, 0.2) is 0 Å². The van der Waals surface area contributed by atoms with Crippen LogP contribution >= 0.6 is 11.8 Å². The van der Waals surface area contributed by atoms with Gasteiger partial charge in [-0.05, 0) is 13.3 Å². The van der Waals surface area contributed by atoms with Crippen LogP contribution in [0.25, 0.3) is 0 Å². The minimum Gasteiger partial charge on any atom is -0.385 e. The highest BCUT2D eigenvalue weighted by atomic mass is 32.2. The van der Waals surface area contributed by atoms with E-state index in [-0.39, 0.29) is 0 Å². The van der Waals surface area contributed by atoms with Gasteiger partial charge < -0.3 is 10.5 Å². The van der Waals surface area contributed by atoms with Crippen LogP contribution in [0.4, 0.5) is 0 Å². The lowest BCUT2D eigenvalue weighted by atomic mass is 10.3. The Bertz CT molecular complexity index is 88.2. The van der Waals surface area contributed by atoms with Crippen LogP contribution in [-0.4, -0.2) is 30.8 Å². The molecule has 0 aromatic carbocycles. The predicted molar refractivity (Wildman–Crippen MR) is 52.1 cm³/mol. The van der Waals surface area contributed by atoms with Crippen LogP contribution in [0.2, 0.25) is 0 Å². The van der Waals surface area contributed by atoms with Crippen molar-refractivity contribution in [2.24, 2.45) is 5.73 Å². The zero-order valence-electron chi connectivity index (χ0n) is 7.67. The van der Waals surface area contributed by atoms with Crippen molar-refractivity contribution in [1.29, 1.82) is 0 Å². The van der Waals surface area contributed by atoms with Crippen molar-refractivity contribution in [2.45, 2.75) is 31.6 Å². The van der Waals surface area contributed by atoms with Gasteiger partial charge in [0.05, 0.1) is 0 Å². The van der Waals surface area contributed by atoms with Crippen molar-refractivity contribution in [3.8, 4) is 0 Å². The summed E-state index contributed by atoms with van der Waals surface area (Å²) in [6, 6.07) is 0.310. The van der Waals surface area contributed by atoms with E-state index in [0.717, 1.165) is 18.8 Å². The third-order valence-corrected chi connectivity index (χ3v) is 2.90. The summed E-state index contributed by atoms with van der Waals surface area (Å²) in [5.41, 5.74) is 5.62. The van der Waals surface area contributed by atoms with Gasteiger partial charge in [-0.2, -0.15) is 11.8 Å². The van der Waals surface area contributed by atoms with E-state index < -0.39 is 0 Å². The molecule has 2 N–H and O–H groups in total. The molecule has 0 aliphatic carbocycles. The van der Waals surface area contributed by atoms with Gasteiger partial charge in [-0.1, -0.05) is 6.92 Å². The maximum Gasteiger partial charge on any atom is 0.0472 e. The standard InChI is InChI=1S/C8H19NOS/c1-7(9)6-11-8(2)4-5-10-3/h7-8H,4-6,9H2,1-3H3. The van der Waals surface area contributed by atoms with Gasteiger partial charge in [0.1, 0.15) is 0 Å². The first kappa shape index (κ1) is 11.3. The summed E-state index contributed by atoms with van der Waals surface area (Å²) in [6.07, 6.45) is 1.12. The van der Waals surface area contributed by atoms with E-state index in [9.17, 15) is 0 Å². The maximum atomic E-state index is 5.62. The van der Waals surface area contributed by atoms with E-state index in [4.69, 9.17) is 10.5 Å². The van der Waals surface area contributed by atoms with Gasteiger partial charge >= 0.3 is 0 Å². The van der Waals surface area contributed by atoms with E-state index >= 15 is 0 Å². The highest BCUT2D eigenvalue weighted by molar-refractivity contribution is 7.99. The zero-order chi connectivity index (χ0) is 8.69. The van der Waals surface area contributed by atoms with E-state index in [1.165, 1.54) is 0 Å². The molecule has 0 spiro atoms. The Kier molecular flexibility index (Phi) is 7.12. The molecular weight excluding hydrogens is 158 g/mol. The van der Waals surface area contributed by atoms with Crippen molar-refractivity contribution < 1.29 is 4.74 Å². The minimum absolute atomic E-state index is 0.310. The first-order chi connectivity index (χ1) is 5.16.